The number of hydrogen-bond acceptors (Lipinski definition) is 6. The van der Waals surface area contributed by atoms with Crippen molar-refractivity contribution in [3.8, 4) is 0 Å². The minimum atomic E-state index is -1.12. The van der Waals surface area contributed by atoms with E-state index in [4.69, 9.17) is 27.1 Å². The Balaban J connectivity index is -0.000000767. The molecule has 0 N–H and O–H groups in total. The van der Waals surface area contributed by atoms with Gasteiger partial charge >= 0.3 is 17.2 Å². The SMILES string of the molecule is CCCCCCOP(OCCCCCC)OCCCCCC.CCCCCCOP(OCCCCCC)OCCCCCC.[Ni]. The molecule has 0 aromatic carbocycles. The van der Waals surface area contributed by atoms with Crippen LogP contribution in [0.2, 0.25) is 0 Å². The molecule has 0 rings (SSSR count). The summed E-state index contributed by atoms with van der Waals surface area (Å²) in [4.78, 5) is 0. The van der Waals surface area contributed by atoms with E-state index in [-0.39, 0.29) is 16.5 Å². The summed E-state index contributed by atoms with van der Waals surface area (Å²) in [6, 6.07) is 0. The maximum Gasteiger partial charge on any atom is 0.332 e. The molecule has 0 atom stereocenters. The summed E-state index contributed by atoms with van der Waals surface area (Å²) >= 11 is 0. The Morgan fingerprint density at radius 1 is 0.244 bits per heavy atom. The van der Waals surface area contributed by atoms with Gasteiger partial charge in [-0.2, -0.15) is 0 Å². The first-order valence-electron chi connectivity index (χ1n) is 19.1. The van der Waals surface area contributed by atoms with E-state index in [1.54, 1.807) is 0 Å². The molecule has 0 amide bonds. The Morgan fingerprint density at radius 2 is 0.400 bits per heavy atom. The van der Waals surface area contributed by atoms with E-state index in [2.05, 4.69) is 41.5 Å². The summed E-state index contributed by atoms with van der Waals surface area (Å²) in [6.07, 6.45) is 29.4. The summed E-state index contributed by atoms with van der Waals surface area (Å²) in [7, 11) is -2.25. The second kappa shape index (κ2) is 47.2. The fourth-order valence-electron chi connectivity index (χ4n) is 4.23. The smallest absolute Gasteiger partial charge is 0.312 e. The van der Waals surface area contributed by atoms with E-state index >= 15 is 0 Å². The maximum absolute atomic E-state index is 5.82. The predicted octanol–water partition coefficient (Wildman–Crippen LogP) is 14.0. The summed E-state index contributed by atoms with van der Waals surface area (Å²) in [5, 5.41) is 0. The maximum atomic E-state index is 5.82. The van der Waals surface area contributed by atoms with Crippen molar-refractivity contribution >= 4 is 17.2 Å². The molecule has 0 saturated heterocycles. The molecule has 6 nitrogen and oxygen atoms in total. The summed E-state index contributed by atoms with van der Waals surface area (Å²) in [5.74, 6) is 0. The van der Waals surface area contributed by atoms with Crippen LogP contribution < -0.4 is 0 Å². The monoisotopic (exact) mass is 726 g/mol. The first-order chi connectivity index (χ1) is 21.7. The van der Waals surface area contributed by atoms with E-state index in [0.29, 0.717) is 0 Å². The van der Waals surface area contributed by atoms with Gasteiger partial charge in [0.05, 0.1) is 39.6 Å². The summed E-state index contributed by atoms with van der Waals surface area (Å²) < 4.78 is 34.9. The Hall–Kier alpha value is 1.11. The van der Waals surface area contributed by atoms with Crippen LogP contribution in [0.1, 0.15) is 196 Å². The van der Waals surface area contributed by atoms with Crippen LogP contribution in [0, 0.1) is 0 Å². The molecule has 0 aliphatic carbocycles. The van der Waals surface area contributed by atoms with Gasteiger partial charge in [-0.05, 0) is 38.5 Å². The van der Waals surface area contributed by atoms with Gasteiger partial charge in [0.25, 0.3) is 0 Å². The minimum Gasteiger partial charge on any atom is -0.312 e. The van der Waals surface area contributed by atoms with Gasteiger partial charge in [-0.25, -0.2) is 0 Å². The zero-order valence-electron chi connectivity index (χ0n) is 30.9. The third-order valence-corrected chi connectivity index (χ3v) is 9.53. The molecular weight excluding hydrogens is 649 g/mol. The Morgan fingerprint density at radius 3 is 0.533 bits per heavy atom. The zero-order valence-corrected chi connectivity index (χ0v) is 33.6. The number of hydrogen-bond donors (Lipinski definition) is 0. The molecule has 278 valence electrons. The van der Waals surface area contributed by atoms with Gasteiger partial charge in [0.15, 0.2) is 0 Å². The molecule has 0 radical (unpaired) electrons. The molecule has 0 spiro atoms. The van der Waals surface area contributed by atoms with Gasteiger partial charge in [0.1, 0.15) is 0 Å². The van der Waals surface area contributed by atoms with Crippen LogP contribution in [-0.4, -0.2) is 39.6 Å². The average Bonchev–Trinajstić information content (AvgIpc) is 3.03. The summed E-state index contributed by atoms with van der Waals surface area (Å²) in [5.41, 5.74) is 0. The Kier molecular flexibility index (Phi) is 53.0. The van der Waals surface area contributed by atoms with Gasteiger partial charge in [0.2, 0.25) is 0 Å². The van der Waals surface area contributed by atoms with Crippen molar-refractivity contribution in [1.29, 1.82) is 0 Å². The van der Waals surface area contributed by atoms with Crippen LogP contribution in [0.25, 0.3) is 0 Å². The zero-order chi connectivity index (χ0) is 32.6. The third kappa shape index (κ3) is 45.1. The van der Waals surface area contributed by atoms with Crippen molar-refractivity contribution in [2.24, 2.45) is 0 Å². The minimum absolute atomic E-state index is 0. The second-order valence-corrected chi connectivity index (χ2v) is 14.3. The summed E-state index contributed by atoms with van der Waals surface area (Å²) in [6.45, 7) is 18.0. The molecule has 0 heterocycles. The largest absolute Gasteiger partial charge is 0.332 e. The van der Waals surface area contributed by atoms with E-state index in [0.717, 1.165) is 78.2 Å². The average molecular weight is 728 g/mol. The molecule has 45 heavy (non-hydrogen) atoms. The van der Waals surface area contributed by atoms with Crippen LogP contribution in [-0.2, 0) is 43.6 Å². The van der Waals surface area contributed by atoms with Crippen molar-refractivity contribution in [2.45, 2.75) is 196 Å². The number of unbranched alkanes of at least 4 members (excludes halogenated alkanes) is 18. The van der Waals surface area contributed by atoms with Crippen molar-refractivity contribution in [3.05, 3.63) is 0 Å². The molecule has 0 unspecified atom stereocenters. The van der Waals surface area contributed by atoms with Gasteiger partial charge in [-0.3, -0.25) is 0 Å². The van der Waals surface area contributed by atoms with Crippen LogP contribution in [0.4, 0.5) is 0 Å². The molecule has 0 aliphatic heterocycles. The van der Waals surface area contributed by atoms with Crippen LogP contribution >= 0.6 is 17.2 Å². The molecule has 0 fully saturated rings. The van der Waals surface area contributed by atoms with Gasteiger partial charge in [-0.1, -0.05) is 157 Å². The molecule has 0 saturated carbocycles. The van der Waals surface area contributed by atoms with Crippen molar-refractivity contribution in [3.63, 3.8) is 0 Å². The fourth-order valence-corrected chi connectivity index (χ4v) is 6.35. The fraction of sp³-hybridized carbons (Fsp3) is 1.00. The topological polar surface area (TPSA) is 55.4 Å². The normalized spacial score (nSPS) is 11.2. The van der Waals surface area contributed by atoms with E-state index in [1.807, 2.05) is 0 Å². The van der Waals surface area contributed by atoms with Crippen molar-refractivity contribution in [1.82, 2.24) is 0 Å². The van der Waals surface area contributed by atoms with Gasteiger partial charge in [-0.15, -0.1) is 0 Å². The van der Waals surface area contributed by atoms with Gasteiger partial charge < -0.3 is 27.1 Å². The van der Waals surface area contributed by atoms with Crippen LogP contribution in [0.3, 0.4) is 0 Å². The van der Waals surface area contributed by atoms with E-state index in [1.165, 1.54) is 116 Å². The van der Waals surface area contributed by atoms with Crippen molar-refractivity contribution in [2.75, 3.05) is 39.6 Å². The predicted molar refractivity (Wildman–Crippen MR) is 194 cm³/mol. The first-order valence-corrected chi connectivity index (χ1v) is 21.3. The standard InChI is InChI=1S/2C18H39O3P.Ni/c2*1-4-7-10-13-16-19-22(20-17-14-11-8-5-2)21-18-15-12-9-6-3;/h2*4-18H2,1-3H3;. The molecular formula is C36H78NiO6P2. The molecule has 0 aromatic rings. The molecule has 0 aromatic heterocycles. The molecule has 9 heteroatoms. The van der Waals surface area contributed by atoms with Crippen molar-refractivity contribution < 1.29 is 43.6 Å². The second-order valence-electron chi connectivity index (χ2n) is 11.8. The third-order valence-electron chi connectivity index (χ3n) is 7.17. The Labute approximate surface area is 295 Å². The van der Waals surface area contributed by atoms with E-state index in [9.17, 15) is 0 Å². The quantitative estimate of drug-likeness (QED) is 0.0364. The Bertz CT molecular complexity index is 388. The van der Waals surface area contributed by atoms with E-state index < -0.39 is 17.2 Å². The van der Waals surface area contributed by atoms with Crippen LogP contribution in [0.15, 0.2) is 0 Å². The molecule has 0 bridgehead atoms. The molecule has 0 aliphatic rings. The van der Waals surface area contributed by atoms with Gasteiger partial charge in [0, 0.05) is 16.5 Å². The number of rotatable bonds is 36. The van der Waals surface area contributed by atoms with Crippen LogP contribution in [0.5, 0.6) is 0 Å². The first kappa shape index (κ1) is 50.5.